The average molecular weight is 186 g/mol. The maximum atomic E-state index is 5.60. The van der Waals surface area contributed by atoms with E-state index in [1.165, 1.54) is 11.1 Å². The zero-order valence-electron chi connectivity index (χ0n) is 8.36. The zero-order chi connectivity index (χ0) is 9.97. The first-order valence-electron chi connectivity index (χ1n) is 4.84. The van der Waals surface area contributed by atoms with Gasteiger partial charge in [0.15, 0.2) is 0 Å². The molecule has 14 heavy (non-hydrogen) atoms. The smallest absolute Gasteiger partial charge is 0.123 e. The second-order valence-corrected chi connectivity index (χ2v) is 3.55. The number of benzene rings is 1. The number of rotatable bonds is 2. The van der Waals surface area contributed by atoms with Crippen molar-refractivity contribution in [2.45, 2.75) is 12.8 Å². The lowest BCUT2D eigenvalue weighted by Gasteiger charge is -2.08. The van der Waals surface area contributed by atoms with Gasteiger partial charge in [-0.1, -0.05) is 42.5 Å². The zero-order valence-corrected chi connectivity index (χ0v) is 8.36. The molecule has 1 unspecified atom stereocenters. The fraction of sp³-hybridized carbons (Fsp3) is 0.231. The first kappa shape index (κ1) is 9.07. The lowest BCUT2D eigenvalue weighted by Crippen LogP contribution is -2.01. The van der Waals surface area contributed by atoms with Crippen molar-refractivity contribution in [1.29, 1.82) is 0 Å². The van der Waals surface area contributed by atoms with Crippen LogP contribution in [0.5, 0.6) is 5.75 Å². The average Bonchev–Trinajstić information content (AvgIpc) is 2.61. The Kier molecular flexibility index (Phi) is 2.40. The molecule has 2 rings (SSSR count). The Labute approximate surface area is 84.7 Å². The van der Waals surface area contributed by atoms with Gasteiger partial charge in [-0.25, -0.2) is 0 Å². The molecular weight excluding hydrogens is 172 g/mol. The molecule has 1 nitrogen and oxygen atoms in total. The molecule has 1 aliphatic heterocycles. The van der Waals surface area contributed by atoms with E-state index in [1.54, 1.807) is 0 Å². The highest BCUT2D eigenvalue weighted by atomic mass is 16.5. The number of ether oxygens (including phenoxy) is 1. The highest BCUT2D eigenvalue weighted by molar-refractivity contribution is 5.44. The predicted octanol–water partition coefficient (Wildman–Crippen LogP) is 3.29. The maximum Gasteiger partial charge on any atom is 0.123 e. The van der Waals surface area contributed by atoms with Crippen LogP contribution in [0.4, 0.5) is 0 Å². The van der Waals surface area contributed by atoms with E-state index in [2.05, 4.69) is 31.7 Å². The van der Waals surface area contributed by atoms with Crippen molar-refractivity contribution < 1.29 is 4.74 Å². The highest BCUT2D eigenvalue weighted by Gasteiger charge is 2.24. The second kappa shape index (κ2) is 3.70. The van der Waals surface area contributed by atoms with Gasteiger partial charge in [0.1, 0.15) is 5.75 Å². The molecule has 1 aromatic rings. The Morgan fingerprint density at radius 2 is 2.29 bits per heavy atom. The Balaban J connectivity index is 2.34. The van der Waals surface area contributed by atoms with Crippen LogP contribution in [0.15, 0.2) is 48.6 Å². The van der Waals surface area contributed by atoms with Crippen LogP contribution in [-0.2, 0) is 0 Å². The molecule has 0 saturated heterocycles. The monoisotopic (exact) mass is 186 g/mol. The summed E-state index contributed by atoms with van der Waals surface area (Å²) in [6.07, 6.45) is 3.88. The van der Waals surface area contributed by atoms with Gasteiger partial charge in [-0.3, -0.25) is 0 Å². The molecule has 1 aromatic carbocycles. The van der Waals surface area contributed by atoms with Crippen molar-refractivity contribution >= 4 is 0 Å². The minimum Gasteiger partial charge on any atom is -0.492 e. The summed E-state index contributed by atoms with van der Waals surface area (Å²) < 4.78 is 5.60. The maximum absolute atomic E-state index is 5.60. The molecule has 0 aromatic heterocycles. The van der Waals surface area contributed by atoms with Gasteiger partial charge < -0.3 is 4.74 Å². The van der Waals surface area contributed by atoms with E-state index in [1.807, 2.05) is 18.2 Å². The summed E-state index contributed by atoms with van der Waals surface area (Å²) in [5, 5.41) is 0. The summed E-state index contributed by atoms with van der Waals surface area (Å²) in [5.41, 5.74) is 2.60. The van der Waals surface area contributed by atoms with Crippen LogP contribution in [0.2, 0.25) is 0 Å². The first-order valence-corrected chi connectivity index (χ1v) is 4.84. The van der Waals surface area contributed by atoms with Gasteiger partial charge in [-0.15, -0.1) is 0 Å². The summed E-state index contributed by atoms with van der Waals surface area (Å²) in [6, 6.07) is 8.22. The Morgan fingerprint density at radius 1 is 1.50 bits per heavy atom. The van der Waals surface area contributed by atoms with E-state index in [0.717, 1.165) is 12.4 Å². The fourth-order valence-corrected chi connectivity index (χ4v) is 1.84. The van der Waals surface area contributed by atoms with E-state index in [9.17, 15) is 0 Å². The van der Waals surface area contributed by atoms with Crippen molar-refractivity contribution in [2.24, 2.45) is 0 Å². The summed E-state index contributed by atoms with van der Waals surface area (Å²) in [7, 11) is 0. The number of para-hydroxylation sites is 1. The van der Waals surface area contributed by atoms with E-state index in [-0.39, 0.29) is 0 Å². The Morgan fingerprint density at radius 3 is 3.07 bits per heavy atom. The van der Waals surface area contributed by atoms with Crippen molar-refractivity contribution in [3.05, 3.63) is 54.1 Å². The van der Waals surface area contributed by atoms with Gasteiger partial charge >= 0.3 is 0 Å². The standard InChI is InChI=1S/C13H14O/c1-3-6-10(2)12-9-14-13-8-5-4-7-11(12)13/h3-8,12H,1,9H2,2H3/b10-6+. The summed E-state index contributed by atoms with van der Waals surface area (Å²) in [5.74, 6) is 1.43. The summed E-state index contributed by atoms with van der Waals surface area (Å²) >= 11 is 0. The molecule has 0 spiro atoms. The topological polar surface area (TPSA) is 9.23 Å². The van der Waals surface area contributed by atoms with Gasteiger partial charge in [0.2, 0.25) is 0 Å². The third-order valence-electron chi connectivity index (χ3n) is 2.63. The Bertz CT molecular complexity index is 377. The van der Waals surface area contributed by atoms with Crippen LogP contribution in [0.3, 0.4) is 0 Å². The molecule has 0 radical (unpaired) electrons. The SMILES string of the molecule is C=C/C=C(\C)C1COc2ccccc21. The minimum atomic E-state index is 0.407. The molecule has 0 amide bonds. The Hall–Kier alpha value is -1.50. The van der Waals surface area contributed by atoms with Gasteiger partial charge in [-0.05, 0) is 13.0 Å². The molecule has 1 heterocycles. The molecule has 1 aliphatic rings. The third-order valence-corrected chi connectivity index (χ3v) is 2.63. The van der Waals surface area contributed by atoms with Crippen LogP contribution in [-0.4, -0.2) is 6.61 Å². The van der Waals surface area contributed by atoms with E-state index < -0.39 is 0 Å². The second-order valence-electron chi connectivity index (χ2n) is 3.55. The van der Waals surface area contributed by atoms with Gasteiger partial charge in [0.25, 0.3) is 0 Å². The van der Waals surface area contributed by atoms with Crippen LogP contribution in [0.1, 0.15) is 18.4 Å². The van der Waals surface area contributed by atoms with Crippen molar-refractivity contribution in [1.82, 2.24) is 0 Å². The minimum absolute atomic E-state index is 0.407. The summed E-state index contributed by atoms with van der Waals surface area (Å²) in [4.78, 5) is 0. The van der Waals surface area contributed by atoms with Gasteiger partial charge in [-0.2, -0.15) is 0 Å². The van der Waals surface area contributed by atoms with Crippen LogP contribution < -0.4 is 4.74 Å². The van der Waals surface area contributed by atoms with E-state index in [0.29, 0.717) is 5.92 Å². The van der Waals surface area contributed by atoms with Crippen molar-refractivity contribution in [3.8, 4) is 5.75 Å². The summed E-state index contributed by atoms with van der Waals surface area (Å²) in [6.45, 7) is 6.59. The quantitative estimate of drug-likeness (QED) is 0.644. The largest absolute Gasteiger partial charge is 0.492 e. The molecule has 0 saturated carbocycles. The molecule has 1 atom stereocenters. The van der Waals surface area contributed by atoms with E-state index >= 15 is 0 Å². The van der Waals surface area contributed by atoms with E-state index in [4.69, 9.17) is 4.74 Å². The number of hydrogen-bond donors (Lipinski definition) is 0. The van der Waals surface area contributed by atoms with Gasteiger partial charge in [0.05, 0.1) is 6.61 Å². The first-order chi connectivity index (χ1) is 6.83. The number of fused-ring (bicyclic) bond motifs is 1. The molecule has 0 aliphatic carbocycles. The molecular formula is C13H14O. The fourth-order valence-electron chi connectivity index (χ4n) is 1.84. The lowest BCUT2D eigenvalue weighted by molar-refractivity contribution is 0.342. The molecule has 72 valence electrons. The molecule has 1 heteroatoms. The van der Waals surface area contributed by atoms with Crippen molar-refractivity contribution in [2.75, 3.05) is 6.61 Å². The molecule has 0 N–H and O–H groups in total. The van der Waals surface area contributed by atoms with Gasteiger partial charge in [0, 0.05) is 11.5 Å². The number of allylic oxidation sites excluding steroid dienone is 2. The van der Waals surface area contributed by atoms with Crippen LogP contribution >= 0.6 is 0 Å². The highest BCUT2D eigenvalue weighted by Crippen LogP contribution is 2.37. The third kappa shape index (κ3) is 1.46. The molecule has 0 bridgehead atoms. The van der Waals surface area contributed by atoms with Crippen LogP contribution in [0, 0.1) is 0 Å². The number of hydrogen-bond acceptors (Lipinski definition) is 1. The lowest BCUT2D eigenvalue weighted by atomic mass is 9.94. The normalized spacial score (nSPS) is 20.1. The van der Waals surface area contributed by atoms with Crippen LogP contribution in [0.25, 0.3) is 0 Å². The predicted molar refractivity (Wildman–Crippen MR) is 58.6 cm³/mol. The molecule has 0 fully saturated rings. The van der Waals surface area contributed by atoms with Crippen molar-refractivity contribution in [3.63, 3.8) is 0 Å².